The number of para-hydroxylation sites is 2. The van der Waals surface area contributed by atoms with Crippen molar-refractivity contribution in [2.45, 2.75) is 19.3 Å². The maximum Gasteiger partial charge on any atom is 0.238 e. The number of aromatic nitrogens is 5. The van der Waals surface area contributed by atoms with Crippen molar-refractivity contribution in [1.82, 2.24) is 24.5 Å². The van der Waals surface area contributed by atoms with Crippen molar-refractivity contribution >= 4 is 43.4 Å². The second kappa shape index (κ2) is 10.5. The van der Waals surface area contributed by atoms with E-state index < -0.39 is 0 Å². The molecule has 49 heavy (non-hydrogen) atoms. The van der Waals surface area contributed by atoms with Gasteiger partial charge in [-0.1, -0.05) is 129 Å². The predicted molar refractivity (Wildman–Crippen MR) is 201 cm³/mol. The Bertz CT molecular complexity index is 2690. The fourth-order valence-electron chi connectivity index (χ4n) is 7.56. The van der Waals surface area contributed by atoms with Crippen LogP contribution in [0.1, 0.15) is 25.0 Å². The molecule has 1 aliphatic carbocycles. The fraction of sp³-hybridized carbons (Fsp3) is 0.0698. The van der Waals surface area contributed by atoms with E-state index in [9.17, 15) is 0 Å². The lowest BCUT2D eigenvalue weighted by Crippen LogP contribution is -2.15. The van der Waals surface area contributed by atoms with E-state index in [2.05, 4.69) is 134 Å². The predicted octanol–water partition coefficient (Wildman–Crippen LogP) is 10.9. The molecule has 1 aliphatic rings. The zero-order valence-corrected chi connectivity index (χ0v) is 27.7. The summed E-state index contributed by atoms with van der Waals surface area (Å²) in [6.07, 6.45) is 0. The molecular formula is C43H29N5S. The second-order valence-electron chi connectivity index (χ2n) is 13.1. The molecule has 0 fully saturated rings. The molecule has 0 saturated carbocycles. The van der Waals surface area contributed by atoms with Crippen LogP contribution in [0.15, 0.2) is 140 Å². The normalized spacial score (nSPS) is 13.3. The van der Waals surface area contributed by atoms with E-state index in [1.807, 2.05) is 24.3 Å². The van der Waals surface area contributed by atoms with Crippen LogP contribution in [0.5, 0.6) is 0 Å². The van der Waals surface area contributed by atoms with Gasteiger partial charge in [0.2, 0.25) is 5.95 Å². The Hall–Kier alpha value is -5.98. The first-order chi connectivity index (χ1) is 24.0. The summed E-state index contributed by atoms with van der Waals surface area (Å²) in [6, 6.07) is 48.7. The first-order valence-corrected chi connectivity index (χ1v) is 17.3. The molecule has 0 N–H and O–H groups in total. The van der Waals surface area contributed by atoms with Crippen molar-refractivity contribution in [3.8, 4) is 50.4 Å². The number of hydrogen-bond donors (Lipinski definition) is 0. The van der Waals surface area contributed by atoms with Gasteiger partial charge in [-0.25, -0.2) is 9.97 Å². The van der Waals surface area contributed by atoms with Gasteiger partial charge in [0, 0.05) is 32.9 Å². The molecule has 232 valence electrons. The highest BCUT2D eigenvalue weighted by molar-refractivity contribution is 7.22. The minimum absolute atomic E-state index is 0.244. The average molecular weight is 648 g/mol. The van der Waals surface area contributed by atoms with Crippen LogP contribution in [0.25, 0.3) is 82.4 Å². The summed E-state index contributed by atoms with van der Waals surface area (Å²) in [5.41, 5.74) is 11.1. The Morgan fingerprint density at radius 1 is 0.531 bits per heavy atom. The topological polar surface area (TPSA) is 56.5 Å². The van der Waals surface area contributed by atoms with Gasteiger partial charge in [-0.3, -0.25) is 4.57 Å². The van der Waals surface area contributed by atoms with E-state index in [0.29, 0.717) is 17.6 Å². The van der Waals surface area contributed by atoms with Crippen LogP contribution < -0.4 is 0 Å². The molecule has 9 aromatic rings. The molecule has 0 saturated heterocycles. The number of fused-ring (bicyclic) bond motifs is 8. The minimum atomic E-state index is -0.244. The van der Waals surface area contributed by atoms with Gasteiger partial charge in [0.05, 0.1) is 21.3 Å². The number of nitrogens with zero attached hydrogens (tertiary/aromatic N) is 5. The molecular weight excluding hydrogens is 619 g/mol. The summed E-state index contributed by atoms with van der Waals surface area (Å²) in [4.78, 5) is 20.5. The third-order valence-electron chi connectivity index (χ3n) is 9.88. The Balaban J connectivity index is 1.16. The highest BCUT2D eigenvalue weighted by Crippen LogP contribution is 2.53. The van der Waals surface area contributed by atoms with Crippen LogP contribution in [-0.4, -0.2) is 24.5 Å². The SMILES string of the molecule is CC1(C)c2cc(-c3nc(-c4ccccc4)nc(-n4c5ccccc5c5ccccc54)n3)ccc2-c2ccc3nc(-c4ccccc4)sc3c21. The van der Waals surface area contributed by atoms with E-state index in [0.717, 1.165) is 38.2 Å². The Morgan fingerprint density at radius 2 is 1.12 bits per heavy atom. The smallest absolute Gasteiger partial charge is 0.238 e. The quantitative estimate of drug-likeness (QED) is 0.191. The molecule has 0 unspecified atom stereocenters. The summed E-state index contributed by atoms with van der Waals surface area (Å²) in [6.45, 7) is 4.66. The molecule has 0 aliphatic heterocycles. The van der Waals surface area contributed by atoms with Crippen molar-refractivity contribution in [3.63, 3.8) is 0 Å². The van der Waals surface area contributed by atoms with E-state index in [1.165, 1.54) is 37.7 Å². The zero-order valence-electron chi connectivity index (χ0n) is 26.9. The van der Waals surface area contributed by atoms with Crippen LogP contribution in [-0.2, 0) is 5.41 Å². The minimum Gasteiger partial charge on any atom is -0.278 e. The summed E-state index contributed by atoms with van der Waals surface area (Å²) in [5, 5.41) is 3.39. The number of thiazole rings is 1. The van der Waals surface area contributed by atoms with Gasteiger partial charge in [-0.2, -0.15) is 9.97 Å². The van der Waals surface area contributed by atoms with Gasteiger partial charge in [-0.05, 0) is 46.5 Å². The van der Waals surface area contributed by atoms with Crippen molar-refractivity contribution in [2.24, 2.45) is 0 Å². The van der Waals surface area contributed by atoms with Gasteiger partial charge in [-0.15, -0.1) is 11.3 Å². The largest absolute Gasteiger partial charge is 0.278 e. The van der Waals surface area contributed by atoms with Crippen LogP contribution in [0, 0.1) is 0 Å². The molecule has 0 spiro atoms. The van der Waals surface area contributed by atoms with Crippen molar-refractivity contribution in [3.05, 3.63) is 151 Å². The highest BCUT2D eigenvalue weighted by Gasteiger charge is 2.38. The van der Waals surface area contributed by atoms with Gasteiger partial charge in [0.1, 0.15) is 5.01 Å². The van der Waals surface area contributed by atoms with Crippen molar-refractivity contribution in [2.75, 3.05) is 0 Å². The average Bonchev–Trinajstić information content (AvgIpc) is 3.81. The van der Waals surface area contributed by atoms with E-state index in [1.54, 1.807) is 11.3 Å². The molecule has 6 heteroatoms. The van der Waals surface area contributed by atoms with Gasteiger partial charge in [0.15, 0.2) is 11.6 Å². The van der Waals surface area contributed by atoms with Crippen LogP contribution in [0.4, 0.5) is 0 Å². The van der Waals surface area contributed by atoms with Gasteiger partial charge >= 0.3 is 0 Å². The lowest BCUT2D eigenvalue weighted by atomic mass is 9.82. The van der Waals surface area contributed by atoms with E-state index >= 15 is 0 Å². The lowest BCUT2D eigenvalue weighted by Gasteiger charge is -2.22. The van der Waals surface area contributed by atoms with Gasteiger partial charge < -0.3 is 0 Å². The highest BCUT2D eigenvalue weighted by atomic mass is 32.1. The van der Waals surface area contributed by atoms with Crippen LogP contribution in [0.3, 0.4) is 0 Å². The maximum absolute atomic E-state index is 5.21. The van der Waals surface area contributed by atoms with Gasteiger partial charge in [0.25, 0.3) is 0 Å². The van der Waals surface area contributed by atoms with Crippen molar-refractivity contribution in [1.29, 1.82) is 0 Å². The second-order valence-corrected chi connectivity index (χ2v) is 14.1. The molecule has 3 heterocycles. The van der Waals surface area contributed by atoms with E-state index in [-0.39, 0.29) is 5.41 Å². The third kappa shape index (κ3) is 4.24. The van der Waals surface area contributed by atoms with Crippen LogP contribution >= 0.6 is 11.3 Å². The monoisotopic (exact) mass is 647 g/mol. The lowest BCUT2D eigenvalue weighted by molar-refractivity contribution is 0.667. The summed E-state index contributed by atoms with van der Waals surface area (Å²) in [5.74, 6) is 1.89. The molecule has 6 aromatic carbocycles. The molecule has 0 bridgehead atoms. The molecule has 0 amide bonds. The van der Waals surface area contributed by atoms with E-state index in [4.69, 9.17) is 19.9 Å². The zero-order chi connectivity index (χ0) is 32.7. The van der Waals surface area contributed by atoms with Crippen molar-refractivity contribution < 1.29 is 0 Å². The Kier molecular flexibility index (Phi) is 6.02. The molecule has 3 aromatic heterocycles. The molecule has 0 radical (unpaired) electrons. The molecule has 10 rings (SSSR count). The first kappa shape index (κ1) is 28.1. The summed E-state index contributed by atoms with van der Waals surface area (Å²) >= 11 is 1.78. The summed E-state index contributed by atoms with van der Waals surface area (Å²) in [7, 11) is 0. The Morgan fingerprint density at radius 3 is 1.82 bits per heavy atom. The molecule has 5 nitrogen and oxygen atoms in total. The first-order valence-electron chi connectivity index (χ1n) is 16.5. The van der Waals surface area contributed by atoms with Crippen LogP contribution in [0.2, 0.25) is 0 Å². The maximum atomic E-state index is 5.21. The fourth-order valence-corrected chi connectivity index (χ4v) is 8.84. The Labute approximate surface area is 287 Å². The third-order valence-corrected chi connectivity index (χ3v) is 11.0. The number of benzene rings is 6. The summed E-state index contributed by atoms with van der Waals surface area (Å²) < 4.78 is 3.42. The number of hydrogen-bond acceptors (Lipinski definition) is 5. The number of rotatable bonds is 4. The molecule has 0 atom stereocenters. The standard InChI is InChI=1S/C43H29N5S/c1-43(2)33-25-28(21-22-29(33)32-23-24-34-38(37(32)43)49-41(44-34)27-15-7-4-8-16-27)40-45-39(26-13-5-3-6-14-26)46-42(47-40)48-35-19-11-9-17-30(35)31-18-10-12-20-36(31)48/h3-25H,1-2H3.